The van der Waals surface area contributed by atoms with Gasteiger partial charge in [0.25, 0.3) is 0 Å². The van der Waals surface area contributed by atoms with E-state index >= 15 is 0 Å². The third-order valence-corrected chi connectivity index (χ3v) is 8.57. The summed E-state index contributed by atoms with van der Waals surface area (Å²) in [7, 11) is 1.87. The van der Waals surface area contributed by atoms with E-state index in [1.165, 1.54) is 19.3 Å². The van der Waals surface area contributed by atoms with Gasteiger partial charge < -0.3 is 20.6 Å². The summed E-state index contributed by atoms with van der Waals surface area (Å²) in [5.41, 5.74) is -0.180. The first-order chi connectivity index (χ1) is 15.0. The first kappa shape index (κ1) is 24.9. The Kier molecular flexibility index (Phi) is 7.82. The van der Waals surface area contributed by atoms with Crippen LogP contribution in [0.1, 0.15) is 86.0 Å². The first-order valence-electron chi connectivity index (χ1n) is 12.8. The summed E-state index contributed by atoms with van der Waals surface area (Å²) in [4.78, 5) is 27.7. The smallest absolute Gasteiger partial charge is 0.329 e. The largest absolute Gasteiger partial charge is 0.480 e. The van der Waals surface area contributed by atoms with E-state index in [1.54, 1.807) is 6.92 Å². The number of urea groups is 1. The molecule has 0 aromatic carbocycles. The zero-order valence-corrected chi connectivity index (χ0v) is 21.0. The molecule has 0 spiro atoms. The predicted molar refractivity (Wildman–Crippen MR) is 128 cm³/mol. The number of nitrogens with zero attached hydrogens (tertiary/aromatic N) is 1. The van der Waals surface area contributed by atoms with Gasteiger partial charge in [-0.15, -0.1) is 0 Å². The van der Waals surface area contributed by atoms with Crippen molar-refractivity contribution in [3.05, 3.63) is 11.8 Å². The van der Waals surface area contributed by atoms with Gasteiger partial charge in [-0.05, 0) is 68.1 Å². The highest BCUT2D eigenvalue weighted by Crippen LogP contribution is 2.41. The molecule has 2 aliphatic carbocycles. The molecule has 0 aromatic heterocycles. The maximum absolute atomic E-state index is 13.5. The van der Waals surface area contributed by atoms with Gasteiger partial charge in [-0.3, -0.25) is 0 Å². The molecule has 0 bridgehead atoms. The number of aliphatic carboxylic acids is 1. The molecule has 3 aliphatic rings. The lowest BCUT2D eigenvalue weighted by atomic mass is 9.68. The van der Waals surface area contributed by atoms with Crippen molar-refractivity contribution in [2.45, 2.75) is 104 Å². The van der Waals surface area contributed by atoms with Crippen LogP contribution in [0.25, 0.3) is 0 Å². The number of amides is 2. The topological polar surface area (TPSA) is 81.7 Å². The summed E-state index contributed by atoms with van der Waals surface area (Å²) in [5, 5.41) is 16.5. The maximum atomic E-state index is 13.5. The molecule has 3 rings (SSSR count). The molecule has 0 radical (unpaired) electrons. The summed E-state index contributed by atoms with van der Waals surface area (Å²) in [5.74, 6) is 1.27. The summed E-state index contributed by atoms with van der Waals surface area (Å²) >= 11 is 0. The van der Waals surface area contributed by atoms with E-state index in [4.69, 9.17) is 0 Å². The van der Waals surface area contributed by atoms with Gasteiger partial charge in [-0.25, -0.2) is 9.59 Å². The molecule has 6 nitrogen and oxygen atoms in total. The molecule has 2 saturated carbocycles. The number of nitrogens with one attached hydrogen (secondary N) is 2. The third kappa shape index (κ3) is 5.09. The van der Waals surface area contributed by atoms with Gasteiger partial charge in [0.15, 0.2) is 0 Å². The molecular weight excluding hydrogens is 402 g/mol. The van der Waals surface area contributed by atoms with Crippen LogP contribution in [-0.2, 0) is 4.79 Å². The Labute approximate surface area is 194 Å². The number of carboxylic acids is 1. The summed E-state index contributed by atoms with van der Waals surface area (Å²) in [6.07, 6.45) is 10.5. The molecule has 5 atom stereocenters. The van der Waals surface area contributed by atoms with E-state index in [9.17, 15) is 14.7 Å². The standard InChI is InChI=1S/C26H45N3O3/c1-16(2)19-11-9-12-20(17(3)4)23(19)29(6)25(32)28-26(5,24(30)31)14-18-15-27-22-13-8-7-10-21(18)22/h15-17,19-23,27H,7-14H2,1-6H3,(H,28,32)(H,30,31). The molecule has 3 N–H and O–H groups in total. The van der Waals surface area contributed by atoms with Crippen LogP contribution < -0.4 is 10.6 Å². The first-order valence-corrected chi connectivity index (χ1v) is 12.8. The van der Waals surface area contributed by atoms with Crippen molar-refractivity contribution in [3.63, 3.8) is 0 Å². The third-order valence-electron chi connectivity index (χ3n) is 8.57. The monoisotopic (exact) mass is 447 g/mol. The van der Waals surface area contributed by atoms with Crippen molar-refractivity contribution >= 4 is 12.0 Å². The molecule has 1 aliphatic heterocycles. The normalized spacial score (nSPS) is 32.0. The lowest BCUT2D eigenvalue weighted by Crippen LogP contribution is -2.60. The van der Waals surface area contributed by atoms with Crippen LogP contribution in [0, 0.1) is 29.6 Å². The minimum absolute atomic E-state index is 0.136. The van der Waals surface area contributed by atoms with Gasteiger partial charge in [-0.1, -0.05) is 47.0 Å². The van der Waals surface area contributed by atoms with Crippen molar-refractivity contribution < 1.29 is 14.7 Å². The van der Waals surface area contributed by atoms with Crippen molar-refractivity contribution in [1.29, 1.82) is 0 Å². The van der Waals surface area contributed by atoms with E-state index in [2.05, 4.69) is 38.3 Å². The van der Waals surface area contributed by atoms with Gasteiger partial charge >= 0.3 is 12.0 Å². The number of hydrogen-bond acceptors (Lipinski definition) is 3. The Morgan fingerprint density at radius 3 is 2.25 bits per heavy atom. The number of rotatable bonds is 7. The van der Waals surface area contributed by atoms with Crippen LogP contribution in [0.5, 0.6) is 0 Å². The van der Waals surface area contributed by atoms with Gasteiger partial charge in [0.2, 0.25) is 0 Å². The predicted octanol–water partition coefficient (Wildman–Crippen LogP) is 5.00. The average molecular weight is 448 g/mol. The highest BCUT2D eigenvalue weighted by molar-refractivity contribution is 5.86. The van der Waals surface area contributed by atoms with Crippen molar-refractivity contribution in [2.24, 2.45) is 29.6 Å². The van der Waals surface area contributed by atoms with E-state index < -0.39 is 11.5 Å². The van der Waals surface area contributed by atoms with Gasteiger partial charge in [0, 0.05) is 31.5 Å². The van der Waals surface area contributed by atoms with E-state index in [0.717, 1.165) is 31.3 Å². The highest BCUT2D eigenvalue weighted by Gasteiger charge is 2.44. The minimum Gasteiger partial charge on any atom is -0.480 e. The average Bonchev–Trinajstić information content (AvgIpc) is 3.14. The van der Waals surface area contributed by atoms with Crippen LogP contribution in [-0.4, -0.2) is 46.7 Å². The van der Waals surface area contributed by atoms with Gasteiger partial charge in [0.05, 0.1) is 0 Å². The van der Waals surface area contributed by atoms with Gasteiger partial charge in [0.1, 0.15) is 5.54 Å². The lowest BCUT2D eigenvalue weighted by molar-refractivity contribution is -0.143. The Morgan fingerprint density at radius 1 is 1.09 bits per heavy atom. The Balaban J connectivity index is 1.76. The number of carbonyl (C=O) groups is 2. The Morgan fingerprint density at radius 2 is 1.69 bits per heavy atom. The molecule has 182 valence electrons. The number of hydrogen-bond donors (Lipinski definition) is 3. The van der Waals surface area contributed by atoms with Crippen molar-refractivity contribution in [1.82, 2.24) is 15.5 Å². The fourth-order valence-electron chi connectivity index (χ4n) is 6.60. The molecule has 0 saturated heterocycles. The zero-order chi connectivity index (χ0) is 23.6. The molecule has 0 aromatic rings. The minimum atomic E-state index is -1.32. The van der Waals surface area contributed by atoms with Crippen LogP contribution in [0.4, 0.5) is 4.79 Å². The van der Waals surface area contributed by atoms with E-state index in [1.807, 2.05) is 18.1 Å². The second-order valence-electron chi connectivity index (χ2n) is 11.5. The maximum Gasteiger partial charge on any atom is 0.329 e. The Bertz CT molecular complexity index is 703. The second-order valence-corrected chi connectivity index (χ2v) is 11.5. The molecule has 2 fully saturated rings. The SMILES string of the molecule is CC(C)C1CCCC(C(C)C)C1N(C)C(=O)NC(C)(CC1=CNC2CCCCC12)C(=O)O. The Hall–Kier alpha value is -1.72. The lowest BCUT2D eigenvalue weighted by Gasteiger charge is -2.47. The molecule has 1 heterocycles. The second kappa shape index (κ2) is 10.0. The van der Waals surface area contributed by atoms with Crippen LogP contribution >= 0.6 is 0 Å². The van der Waals surface area contributed by atoms with Crippen molar-refractivity contribution in [3.8, 4) is 0 Å². The van der Waals surface area contributed by atoms with Crippen LogP contribution in [0.15, 0.2) is 11.8 Å². The number of fused-ring (bicyclic) bond motifs is 1. The summed E-state index contributed by atoms with van der Waals surface area (Å²) < 4.78 is 0. The molecule has 5 unspecified atom stereocenters. The molecule has 32 heavy (non-hydrogen) atoms. The molecule has 2 amide bonds. The summed E-state index contributed by atoms with van der Waals surface area (Å²) in [6.45, 7) is 10.6. The molecular formula is C26H45N3O3. The fraction of sp³-hybridized carbons (Fsp3) is 0.846. The highest BCUT2D eigenvalue weighted by atomic mass is 16.4. The van der Waals surface area contributed by atoms with Crippen LogP contribution in [0.3, 0.4) is 0 Å². The molecule has 6 heteroatoms. The number of carbonyl (C=O) groups excluding carboxylic acids is 1. The van der Waals surface area contributed by atoms with Crippen LogP contribution in [0.2, 0.25) is 0 Å². The number of carboxylic acid groups (broad SMARTS) is 1. The summed E-state index contributed by atoms with van der Waals surface area (Å²) in [6, 6.07) is 0.303. The quantitative estimate of drug-likeness (QED) is 0.513. The van der Waals surface area contributed by atoms with Gasteiger partial charge in [-0.2, -0.15) is 0 Å². The van der Waals surface area contributed by atoms with Crippen molar-refractivity contribution in [2.75, 3.05) is 7.05 Å². The van der Waals surface area contributed by atoms with E-state index in [0.29, 0.717) is 42.1 Å². The fourth-order valence-corrected chi connectivity index (χ4v) is 6.60. The van der Waals surface area contributed by atoms with E-state index in [-0.39, 0.29) is 12.1 Å². The zero-order valence-electron chi connectivity index (χ0n) is 21.0.